The van der Waals surface area contributed by atoms with Crippen LogP contribution in [-0.4, -0.2) is 0 Å². The highest BCUT2D eigenvalue weighted by atomic mass is 15.2. The van der Waals surface area contributed by atoms with Crippen LogP contribution in [0.5, 0.6) is 0 Å². The van der Waals surface area contributed by atoms with E-state index in [0.29, 0.717) is 0 Å². The van der Waals surface area contributed by atoms with Crippen molar-refractivity contribution in [3.05, 3.63) is 164 Å². The van der Waals surface area contributed by atoms with Crippen molar-refractivity contribution in [2.75, 3.05) is 9.80 Å². The normalized spacial score (nSPS) is 19.5. The molecule has 0 bridgehead atoms. The van der Waals surface area contributed by atoms with E-state index in [0.717, 1.165) is 12.8 Å². The average Bonchev–Trinajstić information content (AvgIpc) is 3.51. The summed E-state index contributed by atoms with van der Waals surface area (Å²) in [6.07, 6.45) is 2.27. The summed E-state index contributed by atoms with van der Waals surface area (Å²) in [4.78, 5) is 5.33. The van der Waals surface area contributed by atoms with E-state index >= 15 is 0 Å². The average molecular weight is 873 g/mol. The predicted molar refractivity (Wildman–Crippen MR) is 284 cm³/mol. The number of anilines is 6. The molecule has 0 fully saturated rings. The molecule has 1 unspecified atom stereocenters. The van der Waals surface area contributed by atoms with Crippen molar-refractivity contribution in [2.24, 2.45) is 0 Å². The Morgan fingerprint density at radius 2 is 0.939 bits per heavy atom. The van der Waals surface area contributed by atoms with Gasteiger partial charge in [0.15, 0.2) is 0 Å². The summed E-state index contributed by atoms with van der Waals surface area (Å²) in [6.45, 7) is 43.1. The molecule has 66 heavy (non-hydrogen) atoms. The highest BCUT2D eigenvalue weighted by molar-refractivity contribution is 6.00. The van der Waals surface area contributed by atoms with Crippen LogP contribution >= 0.6 is 0 Å². The van der Waals surface area contributed by atoms with Crippen LogP contribution in [0.15, 0.2) is 103 Å². The van der Waals surface area contributed by atoms with Crippen molar-refractivity contribution in [3.8, 4) is 11.1 Å². The zero-order valence-corrected chi connectivity index (χ0v) is 43.7. The molecule has 2 heteroatoms. The van der Waals surface area contributed by atoms with E-state index in [-0.39, 0.29) is 43.8 Å². The zero-order chi connectivity index (χ0) is 47.6. The molecule has 2 nitrogen and oxygen atoms in total. The molecule has 2 aliphatic heterocycles. The first-order chi connectivity index (χ1) is 30.5. The fourth-order valence-corrected chi connectivity index (χ4v) is 13.3. The van der Waals surface area contributed by atoms with E-state index in [4.69, 9.17) is 0 Å². The number of hydrogen-bond donors (Lipinski definition) is 0. The zero-order valence-electron chi connectivity index (χ0n) is 43.7. The Kier molecular flexibility index (Phi) is 9.49. The highest BCUT2D eigenvalue weighted by Crippen LogP contribution is 2.64. The molecular formula is C64H76N2. The standard InChI is InChI=1S/C64H76N2/c1-38-28-54-57-55(29-38)66(51-27-24-41(59(5,6)7)32-45(51)39-22-26-47-48(30-39)62(13,14)36-61(47,11)12)53-35-50-49(63(15,16)37-64(50,17)18)34-46(53)56(57)44-25-23-42(60(8,9)10)33-52(44)65(54)43-21-19-20-40(31-43)58(2,3)4/h19-35,56H,36-37H2,1-18H3. The molecular weight excluding hydrogens is 797 g/mol. The molecule has 0 saturated carbocycles. The Bertz CT molecular complexity index is 3000. The summed E-state index contributed by atoms with van der Waals surface area (Å²) < 4.78 is 0. The third-order valence-corrected chi connectivity index (χ3v) is 16.3. The van der Waals surface area contributed by atoms with Gasteiger partial charge in [0.25, 0.3) is 0 Å². The quantitative estimate of drug-likeness (QED) is 0.175. The van der Waals surface area contributed by atoms with Gasteiger partial charge in [-0.1, -0.05) is 172 Å². The van der Waals surface area contributed by atoms with E-state index in [2.05, 4.69) is 238 Å². The Labute approximate surface area is 398 Å². The van der Waals surface area contributed by atoms with Crippen molar-refractivity contribution in [3.63, 3.8) is 0 Å². The molecule has 0 radical (unpaired) electrons. The van der Waals surface area contributed by atoms with Crippen molar-refractivity contribution in [1.82, 2.24) is 0 Å². The molecule has 6 aromatic carbocycles. The molecule has 0 aromatic heterocycles. The van der Waals surface area contributed by atoms with Gasteiger partial charge in [-0.2, -0.15) is 0 Å². The fraction of sp³-hybridized carbons (Fsp3) is 0.438. The minimum atomic E-state index is -0.0210. The second kappa shape index (κ2) is 14.0. The molecule has 0 N–H and O–H groups in total. The highest BCUT2D eigenvalue weighted by Gasteiger charge is 2.48. The van der Waals surface area contributed by atoms with Gasteiger partial charge >= 0.3 is 0 Å². The fourth-order valence-electron chi connectivity index (χ4n) is 13.3. The summed E-state index contributed by atoms with van der Waals surface area (Å²) in [5, 5.41) is 0. The third kappa shape index (κ3) is 6.85. The van der Waals surface area contributed by atoms with E-state index in [1.54, 1.807) is 0 Å². The van der Waals surface area contributed by atoms with Gasteiger partial charge in [-0.3, -0.25) is 0 Å². The lowest BCUT2D eigenvalue weighted by atomic mass is 9.72. The van der Waals surface area contributed by atoms with Crippen molar-refractivity contribution >= 4 is 34.1 Å². The molecule has 4 aliphatic rings. The maximum atomic E-state index is 2.71. The van der Waals surface area contributed by atoms with Crippen LogP contribution < -0.4 is 9.80 Å². The van der Waals surface area contributed by atoms with Crippen LogP contribution in [0, 0.1) is 6.92 Å². The van der Waals surface area contributed by atoms with E-state index in [9.17, 15) is 0 Å². The predicted octanol–water partition coefficient (Wildman–Crippen LogP) is 18.2. The Hall–Kier alpha value is -5.08. The molecule has 0 saturated heterocycles. The summed E-state index contributed by atoms with van der Waals surface area (Å²) in [7, 11) is 0. The topological polar surface area (TPSA) is 6.48 Å². The number of benzene rings is 6. The van der Waals surface area contributed by atoms with E-state index in [1.807, 2.05) is 0 Å². The largest absolute Gasteiger partial charge is 0.310 e. The van der Waals surface area contributed by atoms with Crippen molar-refractivity contribution in [1.29, 1.82) is 0 Å². The van der Waals surface area contributed by atoms with Gasteiger partial charge in [-0.05, 0) is 167 Å². The summed E-state index contributed by atoms with van der Waals surface area (Å²) in [6, 6.07) is 42.0. The minimum Gasteiger partial charge on any atom is -0.310 e. The third-order valence-electron chi connectivity index (χ3n) is 16.3. The summed E-state index contributed by atoms with van der Waals surface area (Å²) in [5.74, 6) is 0.0538. The van der Waals surface area contributed by atoms with E-state index in [1.165, 1.54) is 106 Å². The summed E-state index contributed by atoms with van der Waals surface area (Å²) in [5.41, 5.74) is 26.0. The van der Waals surface area contributed by atoms with Crippen LogP contribution in [-0.2, 0) is 37.9 Å². The van der Waals surface area contributed by atoms with Gasteiger partial charge in [-0.25, -0.2) is 0 Å². The maximum Gasteiger partial charge on any atom is 0.0540 e. The van der Waals surface area contributed by atoms with Crippen LogP contribution in [0.2, 0.25) is 0 Å². The Morgan fingerprint density at radius 1 is 0.424 bits per heavy atom. The molecule has 342 valence electrons. The second-order valence-corrected chi connectivity index (χ2v) is 26.7. The van der Waals surface area contributed by atoms with Crippen LogP contribution in [0.25, 0.3) is 11.1 Å². The van der Waals surface area contributed by atoms with E-state index < -0.39 is 0 Å². The number of hydrogen-bond acceptors (Lipinski definition) is 2. The monoisotopic (exact) mass is 873 g/mol. The molecule has 1 atom stereocenters. The lowest BCUT2D eigenvalue weighted by Crippen LogP contribution is -2.31. The number of fused-ring (bicyclic) bond motifs is 6. The first-order valence-electron chi connectivity index (χ1n) is 25.0. The lowest BCUT2D eigenvalue weighted by molar-refractivity contribution is 0.402. The first-order valence-corrected chi connectivity index (χ1v) is 25.0. The van der Waals surface area contributed by atoms with Crippen molar-refractivity contribution in [2.45, 2.75) is 181 Å². The lowest BCUT2D eigenvalue weighted by Gasteiger charge is -2.46. The second-order valence-electron chi connectivity index (χ2n) is 26.7. The summed E-state index contributed by atoms with van der Waals surface area (Å²) >= 11 is 0. The molecule has 2 heterocycles. The number of rotatable bonds is 3. The van der Waals surface area contributed by atoms with Crippen LogP contribution in [0.1, 0.15) is 198 Å². The first kappa shape index (κ1) is 44.7. The van der Waals surface area contributed by atoms with Gasteiger partial charge in [-0.15, -0.1) is 0 Å². The minimum absolute atomic E-state index is 0.00525. The number of nitrogens with zero attached hydrogens (tertiary/aromatic N) is 2. The van der Waals surface area contributed by atoms with Crippen LogP contribution in [0.4, 0.5) is 34.1 Å². The van der Waals surface area contributed by atoms with Gasteiger partial charge in [0, 0.05) is 22.7 Å². The molecule has 0 amide bonds. The smallest absolute Gasteiger partial charge is 0.0540 e. The number of aryl methyl sites for hydroxylation is 1. The molecule has 2 aliphatic carbocycles. The van der Waals surface area contributed by atoms with Gasteiger partial charge in [0.05, 0.1) is 28.4 Å². The Morgan fingerprint density at radius 3 is 1.56 bits per heavy atom. The van der Waals surface area contributed by atoms with Gasteiger partial charge in [0.1, 0.15) is 0 Å². The molecule has 6 aromatic rings. The Balaban J connectivity index is 1.33. The van der Waals surface area contributed by atoms with Crippen LogP contribution in [0.3, 0.4) is 0 Å². The molecule has 10 rings (SSSR count). The maximum absolute atomic E-state index is 2.71. The van der Waals surface area contributed by atoms with Gasteiger partial charge in [0.2, 0.25) is 0 Å². The van der Waals surface area contributed by atoms with Crippen molar-refractivity contribution < 1.29 is 0 Å². The SMILES string of the molecule is Cc1cc2c3c(c1)N(c1ccc(C(C)(C)C)cc1-c1ccc4c(c1)C(C)(C)CC4(C)C)c1cc4c(cc1C3c1ccc(C(C)(C)C)cc1N2c1cccc(C(C)(C)C)c1)C(C)(C)CC4(C)C. The van der Waals surface area contributed by atoms with Gasteiger partial charge < -0.3 is 9.80 Å². The molecule has 0 spiro atoms.